The highest BCUT2D eigenvalue weighted by Gasteiger charge is 2.25. The number of rotatable bonds is 40. The topological polar surface area (TPSA) is 117 Å². The maximum atomic E-state index is 12.5. The molecule has 0 aromatic heterocycles. The van der Waals surface area contributed by atoms with E-state index in [1.807, 2.05) is 0 Å². The smallest absolute Gasteiger partial charge is 0.457 e. The Morgan fingerprint density at radius 2 is 1.10 bits per heavy atom. The maximum absolute atomic E-state index is 12.5. The lowest BCUT2D eigenvalue weighted by Crippen LogP contribution is -2.28. The first-order valence-electron chi connectivity index (χ1n) is 20.8. The molecule has 8 nitrogen and oxygen atoms in total. The van der Waals surface area contributed by atoms with Crippen LogP contribution in [0.25, 0.3) is 0 Å². The highest BCUT2D eigenvalue weighted by atomic mass is 31.2. The Labute approximate surface area is 308 Å². The molecule has 0 spiro atoms. The van der Waals surface area contributed by atoms with Crippen molar-refractivity contribution in [3.05, 3.63) is 24.3 Å². The second-order valence-corrected chi connectivity index (χ2v) is 15.3. The van der Waals surface area contributed by atoms with Gasteiger partial charge in [0.15, 0.2) is 0 Å². The number of allylic oxidation sites excluding steroid dienone is 4. The van der Waals surface area contributed by atoms with E-state index < -0.39 is 13.9 Å². The van der Waals surface area contributed by atoms with E-state index >= 15 is 0 Å². The van der Waals surface area contributed by atoms with Gasteiger partial charge in [0.1, 0.15) is 6.10 Å². The quantitative estimate of drug-likeness (QED) is 0.0277. The van der Waals surface area contributed by atoms with Crippen molar-refractivity contribution in [1.82, 2.24) is 0 Å². The minimum absolute atomic E-state index is 0.0965. The SMILES string of the molecule is CCC/C=C\C/C=C\CCCCCCCC(=O)OC(COCCCCCCCCCCCCCCCCCCCC)COP(=O)(O)OCCN. The van der Waals surface area contributed by atoms with Crippen molar-refractivity contribution >= 4 is 13.8 Å². The van der Waals surface area contributed by atoms with Crippen LogP contribution < -0.4 is 5.73 Å². The summed E-state index contributed by atoms with van der Waals surface area (Å²) in [6, 6.07) is 0. The molecule has 0 aromatic rings. The molecular formula is C41H80NO7P. The Bertz CT molecular complexity index is 823. The predicted molar refractivity (Wildman–Crippen MR) is 210 cm³/mol. The molecule has 9 heteroatoms. The molecule has 0 fully saturated rings. The number of nitrogens with two attached hydrogens (primary N) is 1. The van der Waals surface area contributed by atoms with Crippen molar-refractivity contribution in [3.8, 4) is 0 Å². The van der Waals surface area contributed by atoms with Crippen molar-refractivity contribution in [1.29, 1.82) is 0 Å². The lowest BCUT2D eigenvalue weighted by Gasteiger charge is -2.20. The zero-order valence-corrected chi connectivity index (χ0v) is 33.5. The molecule has 0 heterocycles. The normalized spacial score (nSPS) is 13.8. The number of unbranched alkanes of at least 4 members (excludes halogenated alkanes) is 23. The van der Waals surface area contributed by atoms with Gasteiger partial charge in [-0.15, -0.1) is 0 Å². The Morgan fingerprint density at radius 3 is 1.64 bits per heavy atom. The third kappa shape index (κ3) is 38.2. The van der Waals surface area contributed by atoms with Crippen molar-refractivity contribution < 1.29 is 32.8 Å². The van der Waals surface area contributed by atoms with Gasteiger partial charge in [0.05, 0.1) is 19.8 Å². The second-order valence-electron chi connectivity index (χ2n) is 13.9. The summed E-state index contributed by atoms with van der Waals surface area (Å²) in [4.78, 5) is 22.4. The molecule has 2 unspecified atom stereocenters. The van der Waals surface area contributed by atoms with Crippen LogP contribution in [0.4, 0.5) is 0 Å². The highest BCUT2D eigenvalue weighted by Crippen LogP contribution is 2.43. The van der Waals surface area contributed by atoms with Crippen molar-refractivity contribution in [2.45, 2.75) is 200 Å². The molecule has 2 atom stereocenters. The van der Waals surface area contributed by atoms with E-state index in [1.54, 1.807) is 0 Å². The molecular weight excluding hydrogens is 649 g/mol. The summed E-state index contributed by atoms with van der Waals surface area (Å²) >= 11 is 0. The minimum atomic E-state index is -4.27. The predicted octanol–water partition coefficient (Wildman–Crippen LogP) is 12.1. The number of phosphoric acid groups is 1. The van der Waals surface area contributed by atoms with Gasteiger partial charge in [0.25, 0.3) is 0 Å². The van der Waals surface area contributed by atoms with Crippen LogP contribution in [-0.4, -0.2) is 49.9 Å². The molecule has 0 saturated carbocycles. The number of esters is 1. The Hall–Kier alpha value is -1.02. The van der Waals surface area contributed by atoms with Crippen LogP contribution in [0.5, 0.6) is 0 Å². The van der Waals surface area contributed by atoms with Gasteiger partial charge in [-0.3, -0.25) is 13.8 Å². The fraction of sp³-hybridized carbons (Fsp3) is 0.878. The van der Waals surface area contributed by atoms with Gasteiger partial charge in [0.2, 0.25) is 0 Å². The number of hydrogen-bond acceptors (Lipinski definition) is 7. The fourth-order valence-corrected chi connectivity index (χ4v) is 6.56. The van der Waals surface area contributed by atoms with Crippen LogP contribution in [0, 0.1) is 0 Å². The molecule has 0 bridgehead atoms. The van der Waals surface area contributed by atoms with E-state index in [2.05, 4.69) is 38.2 Å². The molecule has 0 saturated heterocycles. The Morgan fingerprint density at radius 1 is 0.600 bits per heavy atom. The van der Waals surface area contributed by atoms with E-state index in [-0.39, 0.29) is 32.3 Å². The Balaban J connectivity index is 4.01. The summed E-state index contributed by atoms with van der Waals surface area (Å²) in [6.45, 7) is 4.86. The third-order valence-corrected chi connectivity index (χ3v) is 9.84. The number of phosphoric ester groups is 1. The molecule has 0 radical (unpaired) electrons. The van der Waals surface area contributed by atoms with Gasteiger partial charge in [-0.25, -0.2) is 4.57 Å². The molecule has 296 valence electrons. The van der Waals surface area contributed by atoms with Gasteiger partial charge in [-0.05, 0) is 38.5 Å². The fourth-order valence-electron chi connectivity index (χ4n) is 5.80. The van der Waals surface area contributed by atoms with Crippen LogP contribution >= 0.6 is 7.82 Å². The van der Waals surface area contributed by atoms with Crippen LogP contribution in [0.2, 0.25) is 0 Å². The van der Waals surface area contributed by atoms with Gasteiger partial charge in [-0.1, -0.05) is 173 Å². The van der Waals surface area contributed by atoms with E-state index in [1.165, 1.54) is 109 Å². The van der Waals surface area contributed by atoms with Crippen molar-refractivity contribution in [3.63, 3.8) is 0 Å². The first-order chi connectivity index (χ1) is 24.4. The summed E-state index contributed by atoms with van der Waals surface area (Å²) in [5.74, 6) is -0.343. The average Bonchev–Trinajstić information content (AvgIpc) is 3.10. The standard InChI is InChI=1S/C41H80NO7P/c1-3-5-7-9-11-13-15-17-18-19-20-21-23-25-27-29-31-33-36-46-38-40(39-48-50(44,45)47-37-35-42)49-41(43)34-32-30-28-26-24-22-16-14-12-10-8-6-4-2/h8,10,14,16,40H,3-7,9,11-13,15,17-39,42H2,1-2H3,(H,44,45)/b10-8-,16-14-. The zero-order valence-electron chi connectivity index (χ0n) is 32.6. The van der Waals surface area contributed by atoms with Gasteiger partial charge in [-0.2, -0.15) is 0 Å². The summed E-state index contributed by atoms with van der Waals surface area (Å²) in [5.41, 5.74) is 5.36. The summed E-state index contributed by atoms with van der Waals surface area (Å²) in [7, 11) is -4.27. The molecule has 50 heavy (non-hydrogen) atoms. The number of carbonyl (C=O) groups is 1. The molecule has 0 rings (SSSR count). The number of carbonyl (C=O) groups excluding carboxylic acids is 1. The third-order valence-electron chi connectivity index (χ3n) is 8.85. The minimum Gasteiger partial charge on any atom is -0.457 e. The monoisotopic (exact) mass is 730 g/mol. The number of hydrogen-bond donors (Lipinski definition) is 2. The second kappa shape index (κ2) is 39.2. The highest BCUT2D eigenvalue weighted by molar-refractivity contribution is 7.47. The van der Waals surface area contributed by atoms with Crippen molar-refractivity contribution in [2.75, 3.05) is 33.0 Å². The van der Waals surface area contributed by atoms with E-state index in [0.29, 0.717) is 13.0 Å². The van der Waals surface area contributed by atoms with Crippen LogP contribution in [0.15, 0.2) is 24.3 Å². The van der Waals surface area contributed by atoms with Gasteiger partial charge < -0.3 is 20.1 Å². The first-order valence-corrected chi connectivity index (χ1v) is 22.3. The molecule has 0 amide bonds. The van der Waals surface area contributed by atoms with E-state index in [4.69, 9.17) is 24.3 Å². The van der Waals surface area contributed by atoms with Crippen LogP contribution in [0.1, 0.15) is 194 Å². The summed E-state index contributed by atoms with van der Waals surface area (Å²) in [6.07, 6.45) is 41.9. The molecule has 0 aliphatic carbocycles. The molecule has 3 N–H and O–H groups in total. The lowest BCUT2D eigenvalue weighted by molar-refractivity contribution is -0.154. The average molecular weight is 730 g/mol. The zero-order chi connectivity index (χ0) is 36.6. The van der Waals surface area contributed by atoms with E-state index in [9.17, 15) is 14.3 Å². The summed E-state index contributed by atoms with van der Waals surface area (Å²) in [5, 5.41) is 0. The molecule has 0 aliphatic rings. The Kier molecular flexibility index (Phi) is 38.4. The van der Waals surface area contributed by atoms with Gasteiger partial charge >= 0.3 is 13.8 Å². The lowest BCUT2D eigenvalue weighted by atomic mass is 10.0. The maximum Gasteiger partial charge on any atom is 0.472 e. The first kappa shape index (κ1) is 49.0. The molecule has 0 aromatic carbocycles. The van der Waals surface area contributed by atoms with Gasteiger partial charge in [0, 0.05) is 19.6 Å². The summed E-state index contributed by atoms with van der Waals surface area (Å²) < 4.78 is 33.4. The largest absolute Gasteiger partial charge is 0.472 e. The van der Waals surface area contributed by atoms with Crippen LogP contribution in [0.3, 0.4) is 0 Å². The van der Waals surface area contributed by atoms with Crippen molar-refractivity contribution in [2.24, 2.45) is 5.73 Å². The number of ether oxygens (including phenoxy) is 2. The van der Waals surface area contributed by atoms with E-state index in [0.717, 1.165) is 64.2 Å². The molecule has 0 aliphatic heterocycles. The van der Waals surface area contributed by atoms with Crippen LogP contribution in [-0.2, 0) is 27.9 Å².